The van der Waals surface area contributed by atoms with E-state index in [4.69, 9.17) is 0 Å². The molecule has 3 aromatic rings. The van der Waals surface area contributed by atoms with Crippen molar-refractivity contribution in [3.8, 4) is 0 Å². The highest BCUT2D eigenvalue weighted by Crippen LogP contribution is 2.28. The Kier molecular flexibility index (Phi) is 5.93. The molecule has 0 aliphatic heterocycles. The molecule has 1 aromatic heterocycles. The minimum atomic E-state index is -1.10. The summed E-state index contributed by atoms with van der Waals surface area (Å²) in [4.78, 5) is 26.3. The summed E-state index contributed by atoms with van der Waals surface area (Å²) in [5.41, 5.74) is 2.09. The van der Waals surface area contributed by atoms with Crippen LogP contribution in [0.2, 0.25) is 0 Å². The van der Waals surface area contributed by atoms with E-state index in [2.05, 4.69) is 10.6 Å². The Morgan fingerprint density at radius 2 is 1.79 bits per heavy atom. The standard InChI is InChI=1S/C21H22F2N4O2/c1-26(2)19(15-12-27(3)18-7-5-4-6-14(15)18)11-24-20(28)21(29)25-13-8-9-16(22)17(23)10-13/h4-10,12,19H,11H2,1-3H3,(H,24,28)(H,25,29). The van der Waals surface area contributed by atoms with Crippen LogP contribution in [-0.2, 0) is 16.6 Å². The van der Waals surface area contributed by atoms with Crippen molar-refractivity contribution in [1.29, 1.82) is 0 Å². The van der Waals surface area contributed by atoms with Gasteiger partial charge in [-0.3, -0.25) is 9.59 Å². The van der Waals surface area contributed by atoms with E-state index in [1.54, 1.807) is 0 Å². The predicted molar refractivity (Wildman–Crippen MR) is 107 cm³/mol. The molecule has 29 heavy (non-hydrogen) atoms. The van der Waals surface area contributed by atoms with Crippen molar-refractivity contribution in [2.24, 2.45) is 7.05 Å². The molecule has 0 spiro atoms. The number of aryl methyl sites for hydroxylation is 1. The summed E-state index contributed by atoms with van der Waals surface area (Å²) in [6.07, 6.45) is 2.00. The van der Waals surface area contributed by atoms with Gasteiger partial charge in [-0.2, -0.15) is 0 Å². The number of nitrogens with zero attached hydrogens (tertiary/aromatic N) is 2. The zero-order valence-electron chi connectivity index (χ0n) is 16.4. The van der Waals surface area contributed by atoms with Gasteiger partial charge in [-0.05, 0) is 37.9 Å². The summed E-state index contributed by atoms with van der Waals surface area (Å²) >= 11 is 0. The summed E-state index contributed by atoms with van der Waals surface area (Å²) in [6, 6.07) is 10.7. The van der Waals surface area contributed by atoms with Gasteiger partial charge < -0.3 is 20.1 Å². The molecule has 2 N–H and O–H groups in total. The summed E-state index contributed by atoms with van der Waals surface area (Å²) in [7, 11) is 5.73. The van der Waals surface area contributed by atoms with Crippen molar-refractivity contribution in [1.82, 2.24) is 14.8 Å². The largest absolute Gasteiger partial charge is 0.350 e. The molecule has 6 nitrogen and oxygen atoms in total. The smallest absolute Gasteiger partial charge is 0.313 e. The van der Waals surface area contributed by atoms with Crippen molar-refractivity contribution in [3.63, 3.8) is 0 Å². The zero-order valence-corrected chi connectivity index (χ0v) is 16.4. The normalized spacial score (nSPS) is 12.2. The van der Waals surface area contributed by atoms with Crippen LogP contribution >= 0.6 is 0 Å². The van der Waals surface area contributed by atoms with E-state index in [9.17, 15) is 18.4 Å². The van der Waals surface area contributed by atoms with Crippen molar-refractivity contribution in [2.45, 2.75) is 6.04 Å². The Labute approximate surface area is 167 Å². The van der Waals surface area contributed by atoms with Gasteiger partial charge in [0.25, 0.3) is 0 Å². The number of para-hydroxylation sites is 1. The number of anilines is 1. The number of amides is 2. The number of nitrogens with one attached hydrogen (secondary N) is 2. The number of likely N-dealkylation sites (N-methyl/N-ethyl adjacent to an activating group) is 1. The molecule has 2 amide bonds. The Bertz CT molecular complexity index is 1060. The van der Waals surface area contributed by atoms with E-state index in [1.807, 2.05) is 61.1 Å². The van der Waals surface area contributed by atoms with E-state index in [0.717, 1.165) is 28.6 Å². The first-order valence-electron chi connectivity index (χ1n) is 9.02. The fourth-order valence-corrected chi connectivity index (χ4v) is 3.24. The molecule has 0 fully saturated rings. The van der Waals surface area contributed by atoms with Crippen LogP contribution in [0.5, 0.6) is 0 Å². The second-order valence-electron chi connectivity index (χ2n) is 6.98. The lowest BCUT2D eigenvalue weighted by Gasteiger charge is -2.24. The van der Waals surface area contributed by atoms with E-state index in [1.165, 1.54) is 6.07 Å². The summed E-state index contributed by atoms with van der Waals surface area (Å²) < 4.78 is 28.2. The molecule has 8 heteroatoms. The number of hydrogen-bond acceptors (Lipinski definition) is 3. The highest BCUT2D eigenvalue weighted by molar-refractivity contribution is 6.39. The maximum absolute atomic E-state index is 13.3. The van der Waals surface area contributed by atoms with E-state index in [-0.39, 0.29) is 18.3 Å². The highest BCUT2D eigenvalue weighted by atomic mass is 19.2. The van der Waals surface area contributed by atoms with Crippen LogP contribution in [0.3, 0.4) is 0 Å². The van der Waals surface area contributed by atoms with Crippen molar-refractivity contribution >= 4 is 28.4 Å². The number of carbonyl (C=O) groups excluding carboxylic acids is 2. The third kappa shape index (κ3) is 4.43. The second-order valence-corrected chi connectivity index (χ2v) is 6.98. The first kappa shape index (κ1) is 20.5. The van der Waals surface area contributed by atoms with E-state index >= 15 is 0 Å². The zero-order chi connectivity index (χ0) is 21.1. The quantitative estimate of drug-likeness (QED) is 0.648. The fraction of sp³-hybridized carbons (Fsp3) is 0.238. The van der Waals surface area contributed by atoms with Crippen LogP contribution in [0.15, 0.2) is 48.7 Å². The first-order chi connectivity index (χ1) is 13.8. The van der Waals surface area contributed by atoms with Crippen molar-refractivity contribution in [3.05, 3.63) is 65.9 Å². The third-order valence-electron chi connectivity index (χ3n) is 4.75. The van der Waals surface area contributed by atoms with Gasteiger partial charge in [-0.25, -0.2) is 8.78 Å². The molecule has 152 valence electrons. The average Bonchev–Trinajstić information content (AvgIpc) is 3.01. The minimum absolute atomic E-state index is 0.00210. The van der Waals surface area contributed by atoms with Crippen LogP contribution < -0.4 is 10.6 Å². The molecule has 0 radical (unpaired) electrons. The van der Waals surface area contributed by atoms with Gasteiger partial charge in [0.15, 0.2) is 11.6 Å². The van der Waals surface area contributed by atoms with Crippen LogP contribution in [0.25, 0.3) is 10.9 Å². The molecule has 0 aliphatic carbocycles. The lowest BCUT2D eigenvalue weighted by atomic mass is 10.0. The topological polar surface area (TPSA) is 66.4 Å². The van der Waals surface area contributed by atoms with Gasteiger partial charge in [0.1, 0.15) is 0 Å². The molecule has 0 bridgehead atoms. The molecule has 0 saturated carbocycles. The number of fused-ring (bicyclic) bond motifs is 1. The van der Waals surface area contributed by atoms with Crippen molar-refractivity contribution in [2.75, 3.05) is 26.0 Å². The fourth-order valence-electron chi connectivity index (χ4n) is 3.24. The van der Waals surface area contributed by atoms with E-state index in [0.29, 0.717) is 0 Å². The maximum Gasteiger partial charge on any atom is 0.313 e. The molecule has 1 unspecified atom stereocenters. The number of benzene rings is 2. The molecule has 1 atom stereocenters. The number of halogens is 2. The Morgan fingerprint density at radius 1 is 1.07 bits per heavy atom. The highest BCUT2D eigenvalue weighted by Gasteiger charge is 2.22. The van der Waals surface area contributed by atoms with Gasteiger partial charge in [0.05, 0.1) is 6.04 Å². The number of rotatable bonds is 5. The first-order valence-corrected chi connectivity index (χ1v) is 9.02. The van der Waals surface area contributed by atoms with Crippen LogP contribution in [0, 0.1) is 11.6 Å². The summed E-state index contributed by atoms with van der Waals surface area (Å²) in [6.45, 7) is 0.199. The number of aromatic nitrogens is 1. The van der Waals surface area contributed by atoms with Gasteiger partial charge in [0, 0.05) is 42.4 Å². The average molecular weight is 400 g/mol. The second kappa shape index (κ2) is 8.40. The lowest BCUT2D eigenvalue weighted by molar-refractivity contribution is -0.136. The van der Waals surface area contributed by atoms with Crippen LogP contribution in [0.1, 0.15) is 11.6 Å². The Balaban J connectivity index is 1.70. The van der Waals surface area contributed by atoms with Gasteiger partial charge in [-0.1, -0.05) is 18.2 Å². The number of hydrogen-bond donors (Lipinski definition) is 2. The van der Waals surface area contributed by atoms with Gasteiger partial charge in [-0.15, -0.1) is 0 Å². The molecular formula is C21H22F2N4O2. The van der Waals surface area contributed by atoms with Crippen molar-refractivity contribution < 1.29 is 18.4 Å². The van der Waals surface area contributed by atoms with Crippen LogP contribution in [0.4, 0.5) is 14.5 Å². The van der Waals surface area contributed by atoms with Gasteiger partial charge >= 0.3 is 11.8 Å². The Morgan fingerprint density at radius 3 is 2.48 bits per heavy atom. The summed E-state index contributed by atoms with van der Waals surface area (Å²) in [5, 5.41) is 5.94. The molecule has 0 aliphatic rings. The van der Waals surface area contributed by atoms with Crippen LogP contribution in [-0.4, -0.2) is 41.9 Å². The molecule has 2 aromatic carbocycles. The summed E-state index contributed by atoms with van der Waals surface area (Å²) in [5.74, 6) is -3.95. The predicted octanol–water partition coefficient (Wildman–Crippen LogP) is 2.81. The lowest BCUT2D eigenvalue weighted by Crippen LogP contribution is -2.40. The van der Waals surface area contributed by atoms with Gasteiger partial charge in [0.2, 0.25) is 0 Å². The molecule has 1 heterocycles. The molecule has 3 rings (SSSR count). The monoisotopic (exact) mass is 400 g/mol. The van der Waals surface area contributed by atoms with E-state index < -0.39 is 23.4 Å². The SMILES string of the molecule is CN(C)C(CNC(=O)C(=O)Nc1ccc(F)c(F)c1)c1cn(C)c2ccccc12. The number of carbonyl (C=O) groups is 2. The maximum atomic E-state index is 13.3. The molecule has 0 saturated heterocycles. The third-order valence-corrected chi connectivity index (χ3v) is 4.75. The minimum Gasteiger partial charge on any atom is -0.350 e. The Hall–Kier alpha value is -3.26. The molecular weight excluding hydrogens is 378 g/mol.